The van der Waals surface area contributed by atoms with E-state index in [-0.39, 0.29) is 13.0 Å². The Balaban J connectivity index is 2.58. The number of carbonyl (C=O) groups is 1. The fourth-order valence-corrected chi connectivity index (χ4v) is 1.77. The molecule has 1 saturated heterocycles. The molecule has 1 fully saturated rings. The monoisotopic (exact) mass is 217 g/mol. The minimum Gasteiger partial charge on any atom is -0.772 e. The summed E-state index contributed by atoms with van der Waals surface area (Å²) < 4.78 is 31.4. The van der Waals surface area contributed by atoms with E-state index in [0.29, 0.717) is 6.29 Å². The van der Waals surface area contributed by atoms with Crippen molar-refractivity contribution in [1.82, 2.24) is 0 Å². The smallest absolute Gasteiger partial charge is 0.215 e. The zero-order chi connectivity index (χ0) is 10.6. The van der Waals surface area contributed by atoms with Gasteiger partial charge in [-0.25, -0.2) is 0 Å². The molecule has 0 aliphatic carbocycles. The van der Waals surface area contributed by atoms with Gasteiger partial charge in [-0.1, -0.05) is 0 Å². The Bertz CT molecular complexity index is 271. The summed E-state index contributed by atoms with van der Waals surface area (Å²) in [5.74, 6) is 2.24. The second-order valence-electron chi connectivity index (χ2n) is 2.72. The molecule has 14 heavy (non-hydrogen) atoms. The van der Waals surface area contributed by atoms with Crippen LogP contribution in [0.5, 0.6) is 0 Å². The maximum Gasteiger partial charge on any atom is 0.215 e. The number of hydrogen-bond acceptors (Lipinski definition) is 5. The molecule has 1 aliphatic heterocycles. The summed E-state index contributed by atoms with van der Waals surface area (Å²) in [6, 6.07) is 0. The van der Waals surface area contributed by atoms with E-state index < -0.39 is 28.7 Å². The first-order chi connectivity index (χ1) is 6.69. The highest BCUT2D eigenvalue weighted by Gasteiger charge is 2.32. The van der Waals surface area contributed by atoms with Crippen LogP contribution in [0.2, 0.25) is 0 Å². The summed E-state index contributed by atoms with van der Waals surface area (Å²) in [5, 5.41) is -0.815. The van der Waals surface area contributed by atoms with Crippen molar-refractivity contribution in [2.45, 2.75) is 24.1 Å². The van der Waals surface area contributed by atoms with Crippen molar-refractivity contribution in [2.75, 3.05) is 6.61 Å². The number of terminal acetylenes is 1. The van der Waals surface area contributed by atoms with E-state index in [1.165, 1.54) is 0 Å². The molecule has 0 spiro atoms. The number of rotatable bonds is 4. The first-order valence-electron chi connectivity index (χ1n) is 3.93. The van der Waals surface area contributed by atoms with Gasteiger partial charge in [-0.2, -0.15) is 0 Å². The number of hydrogen-bond donors (Lipinski definition) is 0. The highest BCUT2D eigenvalue weighted by molar-refractivity contribution is 7.79. The molecule has 4 atom stereocenters. The molecule has 0 bridgehead atoms. The minimum absolute atomic E-state index is 0.0513. The van der Waals surface area contributed by atoms with Gasteiger partial charge in [-0.05, 0) is 11.1 Å². The molecule has 4 unspecified atom stereocenters. The van der Waals surface area contributed by atoms with Crippen LogP contribution in [-0.4, -0.2) is 39.3 Å². The van der Waals surface area contributed by atoms with Crippen molar-refractivity contribution in [3.8, 4) is 12.3 Å². The zero-order valence-electron chi connectivity index (χ0n) is 7.25. The van der Waals surface area contributed by atoms with Crippen molar-refractivity contribution in [3.05, 3.63) is 0 Å². The maximum absolute atomic E-state index is 10.8. The van der Waals surface area contributed by atoms with Crippen LogP contribution in [0.1, 0.15) is 6.42 Å². The van der Waals surface area contributed by atoms with Crippen molar-refractivity contribution in [1.29, 1.82) is 0 Å². The summed E-state index contributed by atoms with van der Waals surface area (Å²) >= 11 is -2.32. The molecular formula is C8H9O5S-. The topological polar surface area (TPSA) is 75.7 Å². The van der Waals surface area contributed by atoms with Crippen LogP contribution in [0.4, 0.5) is 0 Å². The Morgan fingerprint density at radius 3 is 2.93 bits per heavy atom. The van der Waals surface area contributed by atoms with Gasteiger partial charge in [0, 0.05) is 6.42 Å². The Hall–Kier alpha value is -0.740. The third kappa shape index (κ3) is 2.62. The molecule has 78 valence electrons. The van der Waals surface area contributed by atoms with Crippen molar-refractivity contribution in [2.24, 2.45) is 0 Å². The van der Waals surface area contributed by atoms with Crippen LogP contribution < -0.4 is 0 Å². The van der Waals surface area contributed by atoms with Gasteiger partial charge in [0.2, 0.25) is 6.29 Å². The van der Waals surface area contributed by atoms with E-state index in [2.05, 4.69) is 5.92 Å². The minimum atomic E-state index is -2.32. The Morgan fingerprint density at radius 2 is 2.50 bits per heavy atom. The highest BCUT2D eigenvalue weighted by Crippen LogP contribution is 2.18. The summed E-state index contributed by atoms with van der Waals surface area (Å²) in [6.07, 6.45) is 3.92. The molecule has 0 aromatic heterocycles. The number of ether oxygens (including phenoxy) is 2. The van der Waals surface area contributed by atoms with Crippen LogP contribution in [0.3, 0.4) is 0 Å². The van der Waals surface area contributed by atoms with Gasteiger partial charge in [0.1, 0.15) is 0 Å². The molecule has 1 aliphatic rings. The molecule has 0 aromatic rings. The Kier molecular flexibility index (Phi) is 4.22. The Morgan fingerprint density at radius 1 is 1.79 bits per heavy atom. The van der Waals surface area contributed by atoms with Gasteiger partial charge in [-0.15, -0.1) is 12.3 Å². The highest BCUT2D eigenvalue weighted by atomic mass is 32.2. The van der Waals surface area contributed by atoms with Crippen molar-refractivity contribution < 1.29 is 23.0 Å². The van der Waals surface area contributed by atoms with E-state index in [4.69, 9.17) is 15.9 Å². The summed E-state index contributed by atoms with van der Waals surface area (Å²) in [5.41, 5.74) is 0. The van der Waals surface area contributed by atoms with Gasteiger partial charge in [0.25, 0.3) is 0 Å². The van der Waals surface area contributed by atoms with Crippen LogP contribution in [0.25, 0.3) is 0 Å². The largest absolute Gasteiger partial charge is 0.772 e. The lowest BCUT2D eigenvalue weighted by atomic mass is 10.2. The molecule has 0 saturated carbocycles. The van der Waals surface area contributed by atoms with Gasteiger partial charge in [0.15, 0.2) is 6.29 Å². The third-order valence-electron chi connectivity index (χ3n) is 1.83. The van der Waals surface area contributed by atoms with Crippen molar-refractivity contribution in [3.63, 3.8) is 0 Å². The maximum atomic E-state index is 10.8. The predicted octanol–water partition coefficient (Wildman–Crippen LogP) is -0.802. The summed E-state index contributed by atoms with van der Waals surface area (Å²) in [7, 11) is 0. The molecule has 0 amide bonds. The van der Waals surface area contributed by atoms with Gasteiger partial charge in [-0.3, -0.25) is 9.00 Å². The molecular weight excluding hydrogens is 208 g/mol. The normalized spacial score (nSPS) is 30.6. The molecule has 1 rings (SSSR count). The van der Waals surface area contributed by atoms with Gasteiger partial charge < -0.3 is 14.0 Å². The average molecular weight is 217 g/mol. The lowest BCUT2D eigenvalue weighted by Gasteiger charge is -2.21. The molecule has 0 N–H and O–H groups in total. The second kappa shape index (κ2) is 5.22. The average Bonchev–Trinajstić information content (AvgIpc) is 2.61. The van der Waals surface area contributed by atoms with Crippen molar-refractivity contribution >= 4 is 17.4 Å². The third-order valence-corrected chi connectivity index (χ3v) is 2.79. The standard InChI is InChI=1S/C8H10O5S/c1-2-3-7(14(10)11)6-5-12-8(4-9)13-6/h1,4,6-8H,3,5H2,(H,10,11)/p-1. The van der Waals surface area contributed by atoms with Crippen LogP contribution in [0, 0.1) is 12.3 Å². The molecule has 0 radical (unpaired) electrons. The van der Waals surface area contributed by atoms with E-state index in [1.54, 1.807) is 0 Å². The summed E-state index contributed by atoms with van der Waals surface area (Å²) in [6.45, 7) is 0.0731. The van der Waals surface area contributed by atoms with Gasteiger partial charge >= 0.3 is 0 Å². The molecule has 6 heteroatoms. The van der Waals surface area contributed by atoms with Crippen LogP contribution in [0.15, 0.2) is 0 Å². The lowest BCUT2D eigenvalue weighted by molar-refractivity contribution is -0.132. The van der Waals surface area contributed by atoms with Gasteiger partial charge in [0.05, 0.1) is 18.0 Å². The fraction of sp³-hybridized carbons (Fsp3) is 0.625. The van der Waals surface area contributed by atoms with Crippen LogP contribution in [-0.2, 0) is 25.3 Å². The Labute approximate surface area is 84.1 Å². The fourth-order valence-electron chi connectivity index (χ4n) is 1.15. The summed E-state index contributed by atoms with van der Waals surface area (Å²) in [4.78, 5) is 10.3. The second-order valence-corrected chi connectivity index (χ2v) is 3.85. The first-order valence-corrected chi connectivity index (χ1v) is 5.06. The van der Waals surface area contributed by atoms with E-state index >= 15 is 0 Å². The zero-order valence-corrected chi connectivity index (χ0v) is 8.07. The SMILES string of the molecule is C#CCC(C1COC(C=O)O1)S(=O)[O-]. The first kappa shape index (κ1) is 11.3. The molecule has 1 heterocycles. The van der Waals surface area contributed by atoms with E-state index in [0.717, 1.165) is 0 Å². The lowest BCUT2D eigenvalue weighted by Crippen LogP contribution is -2.32. The number of carbonyl (C=O) groups excluding carboxylic acids is 1. The quantitative estimate of drug-likeness (QED) is 0.350. The van der Waals surface area contributed by atoms with Crippen LogP contribution >= 0.6 is 0 Å². The molecule has 5 nitrogen and oxygen atoms in total. The molecule has 0 aromatic carbocycles. The van der Waals surface area contributed by atoms with E-state index in [1.807, 2.05) is 0 Å². The predicted molar refractivity (Wildman–Crippen MR) is 46.8 cm³/mol. The van der Waals surface area contributed by atoms with E-state index in [9.17, 15) is 13.6 Å². The number of aldehydes is 1.